The molecule has 0 radical (unpaired) electrons. The van der Waals surface area contributed by atoms with Crippen LogP contribution < -0.4 is 0 Å². The molecule has 1 heterocycles. The highest BCUT2D eigenvalue weighted by Crippen LogP contribution is 2.35. The van der Waals surface area contributed by atoms with E-state index in [9.17, 15) is 4.79 Å². The monoisotopic (exact) mass is 240 g/mol. The first-order chi connectivity index (χ1) is 6.77. The summed E-state index contributed by atoms with van der Waals surface area (Å²) in [6.07, 6.45) is 2.88. The van der Waals surface area contributed by atoms with Gasteiger partial charge >= 0.3 is 0 Å². The third-order valence-corrected chi connectivity index (χ3v) is 4.35. The summed E-state index contributed by atoms with van der Waals surface area (Å²) in [6, 6.07) is 4.02. The molecule has 0 aliphatic carbocycles. The number of hydrogen-bond donors (Lipinski definition) is 1. The molecule has 2 rings (SSSR count). The number of thiol groups is 1. The highest BCUT2D eigenvalue weighted by molar-refractivity contribution is 7.99. The lowest BCUT2D eigenvalue weighted by molar-refractivity contribution is 0.112. The number of benzene rings is 1. The molecule has 0 fully saturated rings. The van der Waals surface area contributed by atoms with Crippen molar-refractivity contribution in [2.45, 2.75) is 9.79 Å². The zero-order valence-corrected chi connectivity index (χ0v) is 10.0. The van der Waals surface area contributed by atoms with Crippen molar-refractivity contribution in [1.29, 1.82) is 0 Å². The third kappa shape index (κ3) is 1.47. The van der Waals surface area contributed by atoms with E-state index in [1.807, 2.05) is 23.8 Å². The number of fused-ring (bicyclic) bond motifs is 1. The highest BCUT2D eigenvalue weighted by Gasteiger charge is 2.10. The highest BCUT2D eigenvalue weighted by atomic mass is 32.2. The molecule has 0 amide bonds. The average Bonchev–Trinajstić information content (AvgIpc) is 2.62. The Bertz CT molecular complexity index is 487. The van der Waals surface area contributed by atoms with Gasteiger partial charge in [0.1, 0.15) is 0 Å². The summed E-state index contributed by atoms with van der Waals surface area (Å²) < 4.78 is 1.06. The van der Waals surface area contributed by atoms with Gasteiger partial charge in [-0.15, -0.1) is 35.7 Å². The number of aldehydes is 1. The maximum absolute atomic E-state index is 11.0. The Balaban J connectivity index is 2.88. The average molecular weight is 240 g/mol. The van der Waals surface area contributed by atoms with Gasteiger partial charge in [0.25, 0.3) is 0 Å². The quantitative estimate of drug-likeness (QED) is 0.489. The Hall–Kier alpha value is -0.450. The zero-order chi connectivity index (χ0) is 10.1. The van der Waals surface area contributed by atoms with Crippen LogP contribution in [0.5, 0.6) is 0 Å². The first kappa shape index (κ1) is 10.1. The van der Waals surface area contributed by atoms with E-state index in [0.717, 1.165) is 31.7 Å². The molecule has 0 saturated heterocycles. The summed E-state index contributed by atoms with van der Waals surface area (Å²) >= 11 is 7.54. The maximum Gasteiger partial charge on any atom is 0.152 e. The van der Waals surface area contributed by atoms with Crippen molar-refractivity contribution in [3.63, 3.8) is 0 Å². The standard InChI is InChI=1S/C10H8OS3/c1-13-10-7(5-11)9-6(2-3-14-9)4-8(10)12/h2-5,12H,1H3. The van der Waals surface area contributed by atoms with Crippen molar-refractivity contribution in [3.8, 4) is 0 Å². The van der Waals surface area contributed by atoms with Gasteiger partial charge in [0.05, 0.1) is 0 Å². The minimum absolute atomic E-state index is 0.773. The van der Waals surface area contributed by atoms with Crippen molar-refractivity contribution in [2.24, 2.45) is 0 Å². The van der Waals surface area contributed by atoms with Gasteiger partial charge in [0.2, 0.25) is 0 Å². The van der Waals surface area contributed by atoms with E-state index in [1.165, 1.54) is 0 Å². The number of hydrogen-bond acceptors (Lipinski definition) is 4. The number of thioether (sulfide) groups is 1. The smallest absolute Gasteiger partial charge is 0.152 e. The molecule has 2 aromatic rings. The summed E-state index contributed by atoms with van der Waals surface area (Å²) in [4.78, 5) is 12.9. The van der Waals surface area contributed by atoms with E-state index in [-0.39, 0.29) is 0 Å². The van der Waals surface area contributed by atoms with Crippen LogP contribution in [0, 0.1) is 0 Å². The molecule has 0 N–H and O–H groups in total. The first-order valence-corrected chi connectivity index (χ1v) is 6.55. The molecule has 0 saturated carbocycles. The van der Waals surface area contributed by atoms with E-state index in [2.05, 4.69) is 12.6 Å². The first-order valence-electron chi connectivity index (χ1n) is 4.00. The van der Waals surface area contributed by atoms with E-state index in [0.29, 0.717) is 0 Å². The van der Waals surface area contributed by atoms with E-state index in [4.69, 9.17) is 0 Å². The fourth-order valence-electron chi connectivity index (χ4n) is 1.43. The SMILES string of the molecule is CSc1c(S)cc2ccsc2c1C=O. The molecule has 14 heavy (non-hydrogen) atoms. The van der Waals surface area contributed by atoms with Crippen LogP contribution in [0.2, 0.25) is 0 Å². The largest absolute Gasteiger partial charge is 0.298 e. The topological polar surface area (TPSA) is 17.1 Å². The Labute approximate surface area is 95.9 Å². The molecular formula is C10H8OS3. The van der Waals surface area contributed by atoms with Crippen molar-refractivity contribution in [1.82, 2.24) is 0 Å². The zero-order valence-electron chi connectivity index (χ0n) is 7.48. The Morgan fingerprint density at radius 3 is 3.00 bits per heavy atom. The molecule has 4 heteroatoms. The molecule has 0 aliphatic heterocycles. The van der Waals surface area contributed by atoms with Crippen LogP contribution in [0.15, 0.2) is 27.3 Å². The molecule has 72 valence electrons. The maximum atomic E-state index is 11.0. The fourth-order valence-corrected chi connectivity index (χ4v) is 3.55. The number of rotatable bonds is 2. The van der Waals surface area contributed by atoms with Gasteiger partial charge in [-0.05, 0) is 29.2 Å². The van der Waals surface area contributed by atoms with Gasteiger partial charge in [-0.2, -0.15) is 0 Å². The van der Waals surface area contributed by atoms with Gasteiger partial charge < -0.3 is 0 Å². The second-order valence-corrected chi connectivity index (χ2v) is 5.01. The Kier molecular flexibility index (Phi) is 2.85. The Morgan fingerprint density at radius 1 is 1.57 bits per heavy atom. The van der Waals surface area contributed by atoms with Gasteiger partial charge in [-0.1, -0.05) is 0 Å². The van der Waals surface area contributed by atoms with E-state index < -0.39 is 0 Å². The summed E-state index contributed by atoms with van der Waals surface area (Å²) in [7, 11) is 0. The van der Waals surface area contributed by atoms with Gasteiger partial charge in [-0.3, -0.25) is 4.79 Å². The molecule has 0 aliphatic rings. The molecule has 0 atom stereocenters. The molecule has 1 nitrogen and oxygen atoms in total. The fraction of sp³-hybridized carbons (Fsp3) is 0.100. The normalized spacial score (nSPS) is 10.7. The summed E-state index contributed by atoms with van der Waals surface area (Å²) in [5, 5.41) is 3.09. The van der Waals surface area contributed by atoms with Crippen LogP contribution in [0.25, 0.3) is 10.1 Å². The predicted octanol–water partition coefficient (Wildman–Crippen LogP) is 3.72. The van der Waals surface area contributed by atoms with Crippen LogP contribution in [0.1, 0.15) is 10.4 Å². The van der Waals surface area contributed by atoms with Crippen LogP contribution in [0.4, 0.5) is 0 Å². The van der Waals surface area contributed by atoms with Crippen LogP contribution in [0.3, 0.4) is 0 Å². The second-order valence-electron chi connectivity index (χ2n) is 2.80. The number of carbonyl (C=O) groups excluding carboxylic acids is 1. The lowest BCUT2D eigenvalue weighted by Crippen LogP contribution is -1.86. The van der Waals surface area contributed by atoms with E-state index >= 15 is 0 Å². The minimum Gasteiger partial charge on any atom is -0.298 e. The lowest BCUT2D eigenvalue weighted by atomic mass is 10.2. The molecule has 0 unspecified atom stereocenters. The summed E-state index contributed by atoms with van der Waals surface area (Å²) in [5.41, 5.74) is 0.773. The van der Waals surface area contributed by atoms with E-state index in [1.54, 1.807) is 23.1 Å². The predicted molar refractivity (Wildman–Crippen MR) is 66.2 cm³/mol. The van der Waals surface area contributed by atoms with Crippen molar-refractivity contribution < 1.29 is 4.79 Å². The number of thiophene rings is 1. The number of carbonyl (C=O) groups is 1. The van der Waals surface area contributed by atoms with Gasteiger partial charge in [-0.25, -0.2) is 0 Å². The van der Waals surface area contributed by atoms with Crippen LogP contribution in [-0.4, -0.2) is 12.5 Å². The minimum atomic E-state index is 0.773. The molecule has 0 spiro atoms. The van der Waals surface area contributed by atoms with Crippen molar-refractivity contribution >= 4 is 52.1 Å². The van der Waals surface area contributed by atoms with Gasteiger partial charge in [0, 0.05) is 20.1 Å². The molecular weight excluding hydrogens is 232 g/mol. The van der Waals surface area contributed by atoms with Crippen LogP contribution >= 0.6 is 35.7 Å². The second kappa shape index (κ2) is 3.96. The Morgan fingerprint density at radius 2 is 2.36 bits per heavy atom. The van der Waals surface area contributed by atoms with Crippen molar-refractivity contribution in [3.05, 3.63) is 23.1 Å². The summed E-state index contributed by atoms with van der Waals surface area (Å²) in [6.45, 7) is 0. The summed E-state index contributed by atoms with van der Waals surface area (Å²) in [5.74, 6) is 0. The van der Waals surface area contributed by atoms with Crippen LogP contribution in [-0.2, 0) is 0 Å². The molecule has 0 bridgehead atoms. The van der Waals surface area contributed by atoms with Crippen molar-refractivity contribution in [2.75, 3.05) is 6.26 Å². The lowest BCUT2D eigenvalue weighted by Gasteiger charge is -2.05. The third-order valence-electron chi connectivity index (χ3n) is 2.03. The van der Waals surface area contributed by atoms with Gasteiger partial charge in [0.15, 0.2) is 6.29 Å². The molecule has 1 aromatic carbocycles. The molecule has 1 aromatic heterocycles.